The minimum Gasteiger partial charge on any atom is -0.461 e. The zero-order valence-electron chi connectivity index (χ0n) is 18.3. The predicted octanol–water partition coefficient (Wildman–Crippen LogP) is 5.21. The zero-order chi connectivity index (χ0) is 21.3. The SMILES string of the molecule is CCCCCCCOC(=O)c1cccc(C(=O)OCC(CCCC)CCOC)n1. The van der Waals surface area contributed by atoms with Crippen molar-refractivity contribution in [2.75, 3.05) is 26.9 Å². The summed E-state index contributed by atoms with van der Waals surface area (Å²) in [5, 5.41) is 0. The van der Waals surface area contributed by atoms with E-state index in [0.29, 0.717) is 19.8 Å². The van der Waals surface area contributed by atoms with Gasteiger partial charge < -0.3 is 14.2 Å². The second-order valence-electron chi connectivity index (χ2n) is 7.35. The number of carbonyl (C=O) groups excluding carboxylic acids is 2. The molecule has 0 radical (unpaired) electrons. The van der Waals surface area contributed by atoms with Crippen LogP contribution < -0.4 is 0 Å². The first-order chi connectivity index (χ1) is 14.1. The number of pyridine rings is 1. The van der Waals surface area contributed by atoms with E-state index in [-0.39, 0.29) is 17.3 Å². The maximum absolute atomic E-state index is 12.4. The molecule has 0 aliphatic carbocycles. The van der Waals surface area contributed by atoms with Gasteiger partial charge in [0.05, 0.1) is 13.2 Å². The number of ether oxygens (including phenoxy) is 3. The zero-order valence-corrected chi connectivity index (χ0v) is 18.3. The van der Waals surface area contributed by atoms with Gasteiger partial charge in [0, 0.05) is 13.7 Å². The molecule has 1 aromatic rings. The van der Waals surface area contributed by atoms with E-state index in [1.54, 1.807) is 25.3 Å². The molecular weight excluding hydrogens is 370 g/mol. The molecule has 1 unspecified atom stereocenters. The summed E-state index contributed by atoms with van der Waals surface area (Å²) in [7, 11) is 1.67. The molecule has 1 heterocycles. The summed E-state index contributed by atoms with van der Waals surface area (Å²) in [6.07, 6.45) is 9.44. The third-order valence-electron chi connectivity index (χ3n) is 4.79. The van der Waals surface area contributed by atoms with Crippen LogP contribution in [0.15, 0.2) is 18.2 Å². The molecule has 0 aromatic carbocycles. The number of carbonyl (C=O) groups is 2. The van der Waals surface area contributed by atoms with Crippen LogP contribution in [-0.2, 0) is 14.2 Å². The number of methoxy groups -OCH3 is 1. The molecule has 164 valence electrons. The van der Waals surface area contributed by atoms with Crippen LogP contribution in [0.3, 0.4) is 0 Å². The van der Waals surface area contributed by atoms with Gasteiger partial charge in [-0.25, -0.2) is 14.6 Å². The fraction of sp³-hybridized carbons (Fsp3) is 0.696. The van der Waals surface area contributed by atoms with Gasteiger partial charge in [-0.3, -0.25) is 0 Å². The van der Waals surface area contributed by atoms with E-state index >= 15 is 0 Å². The molecule has 0 aliphatic rings. The van der Waals surface area contributed by atoms with Gasteiger partial charge in [0.15, 0.2) is 0 Å². The van der Waals surface area contributed by atoms with Crippen LogP contribution in [0, 0.1) is 5.92 Å². The molecule has 6 nitrogen and oxygen atoms in total. The smallest absolute Gasteiger partial charge is 0.356 e. The first kappa shape index (κ1) is 25.1. The summed E-state index contributed by atoms with van der Waals surface area (Å²) in [5.74, 6) is -0.756. The van der Waals surface area contributed by atoms with Crippen molar-refractivity contribution < 1.29 is 23.8 Å². The van der Waals surface area contributed by atoms with E-state index in [1.165, 1.54) is 12.8 Å². The molecule has 0 saturated heterocycles. The predicted molar refractivity (Wildman–Crippen MR) is 113 cm³/mol. The van der Waals surface area contributed by atoms with Crippen molar-refractivity contribution in [1.29, 1.82) is 0 Å². The minimum atomic E-state index is -0.516. The molecule has 0 amide bonds. The molecule has 0 aliphatic heterocycles. The van der Waals surface area contributed by atoms with Crippen LogP contribution in [0.25, 0.3) is 0 Å². The highest BCUT2D eigenvalue weighted by Gasteiger charge is 2.17. The first-order valence-electron chi connectivity index (χ1n) is 10.9. The quantitative estimate of drug-likeness (QED) is 0.277. The lowest BCUT2D eigenvalue weighted by atomic mass is 10.00. The Morgan fingerprint density at radius 2 is 1.52 bits per heavy atom. The molecule has 1 rings (SSSR count). The van der Waals surface area contributed by atoms with E-state index in [1.807, 2.05) is 0 Å². The Bertz CT molecular complexity index is 582. The van der Waals surface area contributed by atoms with Crippen molar-refractivity contribution in [2.45, 2.75) is 71.6 Å². The Morgan fingerprint density at radius 1 is 0.862 bits per heavy atom. The Kier molecular flexibility index (Phi) is 13.8. The fourth-order valence-corrected chi connectivity index (χ4v) is 2.96. The average Bonchev–Trinajstić information content (AvgIpc) is 2.75. The lowest BCUT2D eigenvalue weighted by Gasteiger charge is -2.16. The van der Waals surface area contributed by atoms with Crippen molar-refractivity contribution in [2.24, 2.45) is 5.92 Å². The second kappa shape index (κ2) is 15.9. The minimum absolute atomic E-state index is 0.128. The molecular formula is C23H37NO5. The van der Waals surface area contributed by atoms with Crippen molar-refractivity contribution in [3.63, 3.8) is 0 Å². The van der Waals surface area contributed by atoms with Crippen LogP contribution >= 0.6 is 0 Å². The van der Waals surface area contributed by atoms with Crippen LogP contribution in [0.1, 0.15) is 92.6 Å². The maximum Gasteiger partial charge on any atom is 0.356 e. The molecule has 0 bridgehead atoms. The number of esters is 2. The molecule has 6 heteroatoms. The monoisotopic (exact) mass is 407 g/mol. The first-order valence-corrected chi connectivity index (χ1v) is 10.9. The van der Waals surface area contributed by atoms with Crippen molar-refractivity contribution in [1.82, 2.24) is 4.98 Å². The highest BCUT2D eigenvalue weighted by Crippen LogP contribution is 2.15. The fourth-order valence-electron chi connectivity index (χ4n) is 2.96. The molecule has 0 spiro atoms. The van der Waals surface area contributed by atoms with Gasteiger partial charge in [0.25, 0.3) is 0 Å². The lowest BCUT2D eigenvalue weighted by molar-refractivity contribution is 0.0392. The summed E-state index contributed by atoms with van der Waals surface area (Å²) in [5.41, 5.74) is 0.262. The van der Waals surface area contributed by atoms with Gasteiger partial charge in [0.2, 0.25) is 0 Å². The van der Waals surface area contributed by atoms with Crippen LogP contribution in [0.5, 0.6) is 0 Å². The van der Waals surface area contributed by atoms with E-state index < -0.39 is 11.9 Å². The Hall–Kier alpha value is -1.95. The number of unbranched alkanes of at least 4 members (excludes halogenated alkanes) is 5. The Balaban J connectivity index is 2.50. The van der Waals surface area contributed by atoms with E-state index in [4.69, 9.17) is 14.2 Å². The van der Waals surface area contributed by atoms with Crippen molar-refractivity contribution >= 4 is 11.9 Å². The Labute approximate surface area is 175 Å². The molecule has 0 fully saturated rings. The molecule has 1 atom stereocenters. The van der Waals surface area contributed by atoms with Gasteiger partial charge in [-0.1, -0.05) is 58.4 Å². The molecule has 1 aromatic heterocycles. The molecule has 0 N–H and O–H groups in total. The highest BCUT2D eigenvalue weighted by atomic mass is 16.5. The number of nitrogens with zero attached hydrogens (tertiary/aromatic N) is 1. The van der Waals surface area contributed by atoms with E-state index in [9.17, 15) is 9.59 Å². The van der Waals surface area contributed by atoms with Gasteiger partial charge in [-0.05, 0) is 37.3 Å². The maximum atomic E-state index is 12.4. The van der Waals surface area contributed by atoms with Crippen LogP contribution in [0.4, 0.5) is 0 Å². The van der Waals surface area contributed by atoms with Crippen molar-refractivity contribution in [3.8, 4) is 0 Å². The largest absolute Gasteiger partial charge is 0.461 e. The molecule has 0 saturated carbocycles. The second-order valence-corrected chi connectivity index (χ2v) is 7.35. The standard InChI is InChI=1S/C23H37NO5/c1-4-6-8-9-10-16-28-22(25)20-13-11-14-21(24-20)23(26)29-18-19(12-7-5-2)15-17-27-3/h11,13-14,19H,4-10,12,15-18H2,1-3H3. The van der Waals surface area contributed by atoms with E-state index in [0.717, 1.165) is 44.9 Å². The van der Waals surface area contributed by atoms with Gasteiger partial charge in [-0.2, -0.15) is 0 Å². The summed E-state index contributed by atoms with van der Waals surface area (Å²) >= 11 is 0. The van der Waals surface area contributed by atoms with Crippen LogP contribution in [-0.4, -0.2) is 43.9 Å². The number of hydrogen-bond donors (Lipinski definition) is 0. The lowest BCUT2D eigenvalue weighted by Crippen LogP contribution is -2.18. The van der Waals surface area contributed by atoms with Crippen molar-refractivity contribution in [3.05, 3.63) is 29.6 Å². The van der Waals surface area contributed by atoms with Gasteiger partial charge in [-0.15, -0.1) is 0 Å². The third-order valence-corrected chi connectivity index (χ3v) is 4.79. The topological polar surface area (TPSA) is 74.7 Å². The summed E-state index contributed by atoms with van der Waals surface area (Å²) in [6, 6.07) is 4.74. The van der Waals surface area contributed by atoms with Crippen LogP contribution in [0.2, 0.25) is 0 Å². The van der Waals surface area contributed by atoms with Gasteiger partial charge >= 0.3 is 11.9 Å². The van der Waals surface area contributed by atoms with Gasteiger partial charge in [0.1, 0.15) is 11.4 Å². The number of aromatic nitrogens is 1. The number of hydrogen-bond acceptors (Lipinski definition) is 6. The molecule has 29 heavy (non-hydrogen) atoms. The Morgan fingerprint density at radius 3 is 2.17 bits per heavy atom. The summed E-state index contributed by atoms with van der Waals surface area (Å²) < 4.78 is 15.8. The normalized spacial score (nSPS) is 11.8. The summed E-state index contributed by atoms with van der Waals surface area (Å²) in [4.78, 5) is 28.7. The number of rotatable bonds is 16. The van der Waals surface area contributed by atoms with E-state index in [2.05, 4.69) is 18.8 Å². The third kappa shape index (κ3) is 11.0. The average molecular weight is 408 g/mol. The highest BCUT2D eigenvalue weighted by molar-refractivity contribution is 5.91. The summed E-state index contributed by atoms with van der Waals surface area (Å²) in [6.45, 7) is 5.64.